The quantitative estimate of drug-likeness (QED) is 0.797. The Bertz CT molecular complexity index is 608. The number of nitrogens with one attached hydrogen (secondary N) is 1. The van der Waals surface area contributed by atoms with Gasteiger partial charge in [0.1, 0.15) is 5.75 Å². The standard InChI is InChI=1S/C16H16INO2/c1-2-11-3-5-12(6-4-11)10-18-16(20)13-7-8-14(17)15(19)9-13/h3-9,19H,2,10H2,1H3,(H,18,20). The predicted octanol–water partition coefficient (Wildman–Crippen LogP) is 3.49. The monoisotopic (exact) mass is 381 g/mol. The molecule has 0 aliphatic heterocycles. The van der Waals surface area contributed by atoms with Crippen molar-refractivity contribution in [2.75, 3.05) is 0 Å². The van der Waals surface area contributed by atoms with Crippen LogP contribution >= 0.6 is 22.6 Å². The first kappa shape index (κ1) is 14.8. The lowest BCUT2D eigenvalue weighted by molar-refractivity contribution is 0.0950. The highest BCUT2D eigenvalue weighted by Crippen LogP contribution is 2.20. The van der Waals surface area contributed by atoms with E-state index in [4.69, 9.17) is 0 Å². The number of benzene rings is 2. The van der Waals surface area contributed by atoms with Gasteiger partial charge in [0.25, 0.3) is 5.91 Å². The second-order valence-corrected chi connectivity index (χ2v) is 5.68. The van der Waals surface area contributed by atoms with Crippen LogP contribution in [0.2, 0.25) is 0 Å². The van der Waals surface area contributed by atoms with E-state index in [1.165, 1.54) is 11.6 Å². The summed E-state index contributed by atoms with van der Waals surface area (Å²) in [5.74, 6) is -0.0539. The van der Waals surface area contributed by atoms with Gasteiger partial charge < -0.3 is 10.4 Å². The average Bonchev–Trinajstić information content (AvgIpc) is 2.48. The molecule has 0 fully saturated rings. The number of carbonyl (C=O) groups excluding carboxylic acids is 1. The molecule has 0 radical (unpaired) electrons. The van der Waals surface area contributed by atoms with Gasteiger partial charge in [-0.1, -0.05) is 31.2 Å². The van der Waals surface area contributed by atoms with Gasteiger partial charge in [-0.25, -0.2) is 0 Å². The molecule has 2 aromatic carbocycles. The van der Waals surface area contributed by atoms with E-state index in [0.29, 0.717) is 12.1 Å². The second-order valence-electron chi connectivity index (χ2n) is 4.52. The van der Waals surface area contributed by atoms with Gasteiger partial charge in [0, 0.05) is 12.1 Å². The lowest BCUT2D eigenvalue weighted by atomic mass is 10.1. The van der Waals surface area contributed by atoms with E-state index in [-0.39, 0.29) is 11.7 Å². The van der Waals surface area contributed by atoms with Gasteiger partial charge in [0.15, 0.2) is 0 Å². The maximum Gasteiger partial charge on any atom is 0.251 e. The maximum absolute atomic E-state index is 12.0. The van der Waals surface area contributed by atoms with Gasteiger partial charge in [0.05, 0.1) is 3.57 Å². The molecule has 0 saturated carbocycles. The Balaban J connectivity index is 1.98. The molecule has 2 aromatic rings. The number of carbonyl (C=O) groups is 1. The topological polar surface area (TPSA) is 49.3 Å². The van der Waals surface area contributed by atoms with Gasteiger partial charge in [-0.3, -0.25) is 4.79 Å². The molecule has 4 heteroatoms. The lowest BCUT2D eigenvalue weighted by Crippen LogP contribution is -2.22. The molecular weight excluding hydrogens is 365 g/mol. The largest absolute Gasteiger partial charge is 0.507 e. The molecule has 20 heavy (non-hydrogen) atoms. The van der Waals surface area contributed by atoms with E-state index in [2.05, 4.69) is 24.4 Å². The Kier molecular flexibility index (Phi) is 5.00. The molecule has 104 valence electrons. The third-order valence-corrected chi connectivity index (χ3v) is 4.00. The fourth-order valence-corrected chi connectivity index (χ4v) is 2.17. The summed E-state index contributed by atoms with van der Waals surface area (Å²) in [4.78, 5) is 12.0. The van der Waals surface area contributed by atoms with Crippen molar-refractivity contribution in [2.24, 2.45) is 0 Å². The summed E-state index contributed by atoms with van der Waals surface area (Å²) in [6.45, 7) is 2.59. The summed E-state index contributed by atoms with van der Waals surface area (Å²) < 4.78 is 0.731. The highest BCUT2D eigenvalue weighted by atomic mass is 127. The second kappa shape index (κ2) is 6.74. The summed E-state index contributed by atoms with van der Waals surface area (Å²) in [6.07, 6.45) is 1.01. The van der Waals surface area contributed by atoms with Gasteiger partial charge in [-0.05, 0) is 58.3 Å². The fraction of sp³-hybridized carbons (Fsp3) is 0.188. The fourth-order valence-electron chi connectivity index (χ4n) is 1.83. The van der Waals surface area contributed by atoms with Crippen molar-refractivity contribution < 1.29 is 9.90 Å². The number of amides is 1. The highest BCUT2D eigenvalue weighted by Gasteiger charge is 2.07. The van der Waals surface area contributed by atoms with Gasteiger partial charge >= 0.3 is 0 Å². The summed E-state index contributed by atoms with van der Waals surface area (Å²) in [5.41, 5.74) is 2.81. The van der Waals surface area contributed by atoms with Crippen molar-refractivity contribution in [1.29, 1.82) is 0 Å². The van der Waals surface area contributed by atoms with Crippen molar-refractivity contribution in [3.05, 3.63) is 62.7 Å². The van der Waals surface area contributed by atoms with Crippen LogP contribution in [0.15, 0.2) is 42.5 Å². The van der Waals surface area contributed by atoms with Crippen molar-refractivity contribution in [2.45, 2.75) is 19.9 Å². The molecule has 0 bridgehead atoms. The zero-order valence-corrected chi connectivity index (χ0v) is 13.3. The van der Waals surface area contributed by atoms with Gasteiger partial charge in [-0.2, -0.15) is 0 Å². The first-order valence-corrected chi connectivity index (χ1v) is 7.52. The van der Waals surface area contributed by atoms with Crippen molar-refractivity contribution in [1.82, 2.24) is 5.32 Å². The van der Waals surface area contributed by atoms with Crippen molar-refractivity contribution in [3.63, 3.8) is 0 Å². The minimum absolute atomic E-state index is 0.130. The molecule has 1 amide bonds. The van der Waals surface area contributed by atoms with Crippen molar-refractivity contribution in [3.8, 4) is 5.75 Å². The summed E-state index contributed by atoms with van der Waals surface area (Å²) in [5, 5.41) is 12.5. The molecule has 0 spiro atoms. The summed E-state index contributed by atoms with van der Waals surface area (Å²) >= 11 is 2.02. The number of aryl methyl sites for hydroxylation is 1. The van der Waals surface area contributed by atoms with E-state index in [9.17, 15) is 9.90 Å². The third-order valence-electron chi connectivity index (χ3n) is 3.09. The van der Waals surface area contributed by atoms with Crippen LogP contribution in [-0.2, 0) is 13.0 Å². The maximum atomic E-state index is 12.0. The number of aromatic hydroxyl groups is 1. The van der Waals surface area contributed by atoms with E-state index in [1.807, 2.05) is 34.7 Å². The molecule has 0 aliphatic rings. The van der Waals surface area contributed by atoms with Crippen LogP contribution in [0.1, 0.15) is 28.4 Å². The van der Waals surface area contributed by atoms with Crippen LogP contribution < -0.4 is 5.32 Å². The van der Waals surface area contributed by atoms with E-state index >= 15 is 0 Å². The lowest BCUT2D eigenvalue weighted by Gasteiger charge is -2.07. The Hall–Kier alpha value is -1.56. The molecule has 0 atom stereocenters. The Morgan fingerprint density at radius 2 is 1.80 bits per heavy atom. The Labute approximate surface area is 132 Å². The van der Waals surface area contributed by atoms with Crippen LogP contribution in [0.25, 0.3) is 0 Å². The van der Waals surface area contributed by atoms with Crippen LogP contribution in [0, 0.1) is 3.57 Å². The molecule has 2 rings (SSSR count). The Morgan fingerprint density at radius 3 is 2.40 bits per heavy atom. The molecule has 0 saturated heterocycles. The number of phenols is 1. The van der Waals surface area contributed by atoms with Crippen LogP contribution in [0.3, 0.4) is 0 Å². The molecule has 0 unspecified atom stereocenters. The van der Waals surface area contributed by atoms with E-state index in [0.717, 1.165) is 15.6 Å². The molecular formula is C16H16INO2. The van der Waals surface area contributed by atoms with Gasteiger partial charge in [-0.15, -0.1) is 0 Å². The normalized spacial score (nSPS) is 10.3. The molecule has 0 heterocycles. The first-order chi connectivity index (χ1) is 9.60. The van der Waals surface area contributed by atoms with Crippen LogP contribution in [0.5, 0.6) is 5.75 Å². The average molecular weight is 381 g/mol. The highest BCUT2D eigenvalue weighted by molar-refractivity contribution is 14.1. The first-order valence-electron chi connectivity index (χ1n) is 6.44. The van der Waals surface area contributed by atoms with Gasteiger partial charge in [0.2, 0.25) is 0 Å². The van der Waals surface area contributed by atoms with E-state index in [1.54, 1.807) is 12.1 Å². The number of rotatable bonds is 4. The van der Waals surface area contributed by atoms with Crippen molar-refractivity contribution >= 4 is 28.5 Å². The number of hydrogen-bond donors (Lipinski definition) is 2. The SMILES string of the molecule is CCc1ccc(CNC(=O)c2ccc(I)c(O)c2)cc1. The number of halogens is 1. The van der Waals surface area contributed by atoms with E-state index < -0.39 is 0 Å². The molecule has 0 aromatic heterocycles. The number of phenolic OH excluding ortho intramolecular Hbond substituents is 1. The van der Waals surface area contributed by atoms with Crippen LogP contribution in [-0.4, -0.2) is 11.0 Å². The number of hydrogen-bond acceptors (Lipinski definition) is 2. The summed E-state index contributed by atoms with van der Waals surface area (Å²) in [7, 11) is 0. The third kappa shape index (κ3) is 3.72. The predicted molar refractivity (Wildman–Crippen MR) is 87.8 cm³/mol. The smallest absolute Gasteiger partial charge is 0.251 e. The minimum atomic E-state index is -0.184. The molecule has 0 aliphatic carbocycles. The summed E-state index contributed by atoms with van der Waals surface area (Å²) in [6, 6.07) is 13.1. The Morgan fingerprint density at radius 1 is 1.15 bits per heavy atom. The molecule has 3 nitrogen and oxygen atoms in total. The zero-order chi connectivity index (χ0) is 14.5. The minimum Gasteiger partial charge on any atom is -0.507 e. The molecule has 2 N–H and O–H groups in total. The zero-order valence-electron chi connectivity index (χ0n) is 11.2. The van der Waals surface area contributed by atoms with Crippen LogP contribution in [0.4, 0.5) is 0 Å².